The van der Waals surface area contributed by atoms with Crippen LogP contribution in [0.25, 0.3) is 0 Å². The number of hydrogen-bond acceptors (Lipinski definition) is 2. The minimum absolute atomic E-state index is 0. The summed E-state index contributed by atoms with van der Waals surface area (Å²) in [5.41, 5.74) is 5.50. The maximum Gasteiger partial charge on any atom is 0.260 e. The summed E-state index contributed by atoms with van der Waals surface area (Å²) in [4.78, 5) is 13.7. The minimum atomic E-state index is -1.68. The molecule has 2 aromatic carbocycles. The first-order valence-electron chi connectivity index (χ1n) is 7.81. The first-order chi connectivity index (χ1) is 11.9. The fraction of sp³-hybridized carbons (Fsp3) is 0.278. The smallest absolute Gasteiger partial charge is 0.260 e. The van der Waals surface area contributed by atoms with Crippen LogP contribution in [0.2, 0.25) is 0 Å². The third kappa shape index (κ3) is 3.54. The van der Waals surface area contributed by atoms with E-state index in [2.05, 4.69) is 0 Å². The zero-order valence-corrected chi connectivity index (χ0v) is 14.4. The van der Waals surface area contributed by atoms with E-state index in [1.54, 1.807) is 0 Å². The fourth-order valence-corrected chi connectivity index (χ4v) is 3.27. The van der Waals surface area contributed by atoms with Crippen LogP contribution in [0.4, 0.5) is 17.6 Å². The SMILES string of the molecule is Cl.NC[C@@H]1CN(C(=O)c2c(F)c(F)cc(F)c2F)C[C@H]1c1ccccc1. The molecule has 0 spiro atoms. The minimum Gasteiger partial charge on any atom is -0.337 e. The van der Waals surface area contributed by atoms with Gasteiger partial charge in [0.15, 0.2) is 23.3 Å². The van der Waals surface area contributed by atoms with Crippen molar-refractivity contribution < 1.29 is 22.4 Å². The summed E-state index contributed by atoms with van der Waals surface area (Å²) in [5, 5.41) is 0. The van der Waals surface area contributed by atoms with E-state index in [0.29, 0.717) is 0 Å². The van der Waals surface area contributed by atoms with Crippen molar-refractivity contribution in [1.82, 2.24) is 4.90 Å². The number of hydrogen-bond donors (Lipinski definition) is 1. The van der Waals surface area contributed by atoms with Crippen molar-refractivity contribution in [1.29, 1.82) is 0 Å². The number of likely N-dealkylation sites (tertiary alicyclic amines) is 1. The second-order valence-electron chi connectivity index (χ2n) is 6.07. The monoisotopic (exact) mass is 388 g/mol. The van der Waals surface area contributed by atoms with Crippen molar-refractivity contribution >= 4 is 18.3 Å². The van der Waals surface area contributed by atoms with Crippen LogP contribution >= 0.6 is 12.4 Å². The largest absolute Gasteiger partial charge is 0.337 e. The van der Waals surface area contributed by atoms with Gasteiger partial charge in [-0.05, 0) is 18.0 Å². The average molecular weight is 389 g/mol. The summed E-state index contributed by atoms with van der Waals surface area (Å²) in [6.45, 7) is 0.597. The van der Waals surface area contributed by atoms with Crippen LogP contribution in [0.3, 0.4) is 0 Å². The van der Waals surface area contributed by atoms with Gasteiger partial charge in [0.1, 0.15) is 5.56 Å². The molecule has 0 unspecified atom stereocenters. The topological polar surface area (TPSA) is 46.3 Å². The maximum absolute atomic E-state index is 13.9. The van der Waals surface area contributed by atoms with Crippen molar-refractivity contribution in [3.8, 4) is 0 Å². The maximum atomic E-state index is 13.9. The van der Waals surface area contributed by atoms with Crippen molar-refractivity contribution in [3.63, 3.8) is 0 Å². The summed E-state index contributed by atoms with van der Waals surface area (Å²) in [6, 6.07) is 9.37. The highest BCUT2D eigenvalue weighted by atomic mass is 35.5. The average Bonchev–Trinajstić information content (AvgIpc) is 3.05. The van der Waals surface area contributed by atoms with Gasteiger partial charge in [-0.2, -0.15) is 0 Å². The first-order valence-corrected chi connectivity index (χ1v) is 7.81. The first kappa shape index (κ1) is 20.2. The van der Waals surface area contributed by atoms with Gasteiger partial charge >= 0.3 is 0 Å². The molecule has 3 rings (SSSR count). The number of amides is 1. The Morgan fingerprint density at radius 2 is 1.62 bits per heavy atom. The van der Waals surface area contributed by atoms with Crippen molar-refractivity contribution in [3.05, 3.63) is 70.8 Å². The van der Waals surface area contributed by atoms with Crippen LogP contribution < -0.4 is 5.73 Å². The van der Waals surface area contributed by atoms with Crippen molar-refractivity contribution in [2.75, 3.05) is 19.6 Å². The van der Waals surface area contributed by atoms with Crippen LogP contribution in [0, 0.1) is 29.2 Å². The molecule has 26 heavy (non-hydrogen) atoms. The van der Waals surface area contributed by atoms with Crippen molar-refractivity contribution in [2.45, 2.75) is 5.92 Å². The third-order valence-corrected chi connectivity index (χ3v) is 4.58. The molecule has 1 heterocycles. The quantitative estimate of drug-likeness (QED) is 0.646. The molecular weight excluding hydrogens is 372 g/mol. The van der Waals surface area contributed by atoms with Crippen LogP contribution in [-0.4, -0.2) is 30.4 Å². The predicted octanol–water partition coefficient (Wildman–Crippen LogP) is 3.48. The van der Waals surface area contributed by atoms with E-state index in [1.807, 2.05) is 30.3 Å². The van der Waals surface area contributed by atoms with Gasteiger partial charge in [-0.15, -0.1) is 12.4 Å². The Morgan fingerprint density at radius 3 is 2.15 bits per heavy atom. The Hall–Kier alpha value is -2.12. The second kappa shape index (κ2) is 8.05. The zero-order valence-electron chi connectivity index (χ0n) is 13.6. The number of carbonyl (C=O) groups is 1. The molecule has 140 valence electrons. The van der Waals surface area contributed by atoms with E-state index in [0.717, 1.165) is 5.56 Å². The lowest BCUT2D eigenvalue weighted by Crippen LogP contribution is -2.31. The summed E-state index contributed by atoms with van der Waals surface area (Å²) in [5.74, 6) is -7.87. The van der Waals surface area contributed by atoms with Gasteiger partial charge in [0.2, 0.25) is 0 Å². The van der Waals surface area contributed by atoms with Gasteiger partial charge < -0.3 is 10.6 Å². The number of carbonyl (C=O) groups excluding carboxylic acids is 1. The Bertz CT molecular complexity index is 777. The van der Waals surface area contributed by atoms with Gasteiger partial charge in [-0.3, -0.25) is 4.79 Å². The lowest BCUT2D eigenvalue weighted by Gasteiger charge is -2.18. The Balaban J connectivity index is 0.00000243. The van der Waals surface area contributed by atoms with E-state index >= 15 is 0 Å². The highest BCUT2D eigenvalue weighted by molar-refractivity contribution is 5.95. The lowest BCUT2D eigenvalue weighted by atomic mass is 9.89. The molecule has 1 fully saturated rings. The lowest BCUT2D eigenvalue weighted by molar-refractivity contribution is 0.0774. The summed E-state index contributed by atoms with van der Waals surface area (Å²) >= 11 is 0. The van der Waals surface area contributed by atoms with E-state index in [9.17, 15) is 22.4 Å². The van der Waals surface area contributed by atoms with Crippen molar-refractivity contribution in [2.24, 2.45) is 11.7 Å². The number of nitrogens with zero attached hydrogens (tertiary/aromatic N) is 1. The van der Waals surface area contributed by atoms with Gasteiger partial charge in [0, 0.05) is 25.1 Å². The molecule has 0 radical (unpaired) electrons. The van der Waals surface area contributed by atoms with Gasteiger partial charge in [0.25, 0.3) is 5.91 Å². The molecule has 3 nitrogen and oxygen atoms in total. The molecule has 1 saturated heterocycles. The van der Waals surface area contributed by atoms with Gasteiger partial charge in [-0.25, -0.2) is 17.6 Å². The summed E-state index contributed by atoms with van der Waals surface area (Å²) in [6.07, 6.45) is 0. The highest BCUT2D eigenvalue weighted by Gasteiger charge is 2.38. The summed E-state index contributed by atoms with van der Waals surface area (Å²) in [7, 11) is 0. The Labute approximate surface area is 154 Å². The molecule has 1 aliphatic heterocycles. The Kier molecular flexibility index (Phi) is 6.26. The van der Waals surface area contributed by atoms with Gasteiger partial charge in [0.05, 0.1) is 0 Å². The van der Waals surface area contributed by atoms with Crippen LogP contribution in [-0.2, 0) is 0 Å². The van der Waals surface area contributed by atoms with E-state index in [1.165, 1.54) is 4.90 Å². The van der Waals surface area contributed by atoms with E-state index in [4.69, 9.17) is 5.73 Å². The number of halogens is 5. The molecule has 2 atom stereocenters. The highest BCUT2D eigenvalue weighted by Crippen LogP contribution is 2.33. The molecule has 0 aromatic heterocycles. The normalized spacial score (nSPS) is 19.3. The van der Waals surface area contributed by atoms with Crippen LogP contribution in [0.5, 0.6) is 0 Å². The number of rotatable bonds is 3. The van der Waals surface area contributed by atoms with Crippen LogP contribution in [0.1, 0.15) is 21.8 Å². The predicted molar refractivity (Wildman–Crippen MR) is 91.2 cm³/mol. The molecule has 1 amide bonds. The van der Waals surface area contributed by atoms with E-state index in [-0.39, 0.29) is 49.9 Å². The molecule has 0 aliphatic carbocycles. The molecule has 2 aromatic rings. The molecule has 0 saturated carbocycles. The molecule has 0 bridgehead atoms. The molecule has 1 aliphatic rings. The van der Waals surface area contributed by atoms with Crippen LogP contribution in [0.15, 0.2) is 36.4 Å². The Morgan fingerprint density at radius 1 is 1.04 bits per heavy atom. The molecule has 2 N–H and O–H groups in total. The van der Waals surface area contributed by atoms with Gasteiger partial charge in [-0.1, -0.05) is 30.3 Å². The zero-order chi connectivity index (χ0) is 18.1. The summed E-state index contributed by atoms with van der Waals surface area (Å²) < 4.78 is 54.5. The second-order valence-corrected chi connectivity index (χ2v) is 6.07. The molecule has 8 heteroatoms. The number of nitrogens with two attached hydrogens (primary N) is 1. The molecular formula is C18H17ClF4N2O. The van der Waals surface area contributed by atoms with E-state index < -0.39 is 34.7 Å². The fourth-order valence-electron chi connectivity index (χ4n) is 3.27. The standard InChI is InChI=1S/C18H16F4N2O.ClH/c19-13-6-14(20)17(22)15(16(13)21)18(25)24-8-11(7-23)12(9-24)10-4-2-1-3-5-10;/h1-6,11-12H,7-9,23H2;1H/t11-,12+;/m1./s1. The number of benzene rings is 2. The third-order valence-electron chi connectivity index (χ3n) is 4.58.